The number of carbonyl (C=O) groups is 1. The minimum Gasteiger partial charge on any atom is -0.451 e. The summed E-state index contributed by atoms with van der Waals surface area (Å²) in [5.41, 5.74) is 0.737. The van der Waals surface area contributed by atoms with Crippen LogP contribution in [0.5, 0.6) is 0 Å². The van der Waals surface area contributed by atoms with E-state index in [9.17, 15) is 14.9 Å². The second-order valence-corrected chi connectivity index (χ2v) is 5.94. The third kappa shape index (κ3) is 3.26. The van der Waals surface area contributed by atoms with Crippen LogP contribution in [0.15, 0.2) is 40.8 Å². The Bertz CT molecular complexity index is 712. The van der Waals surface area contributed by atoms with Crippen LogP contribution in [-0.2, 0) is 0 Å². The lowest BCUT2D eigenvalue weighted by Crippen LogP contribution is -2.37. The van der Waals surface area contributed by atoms with E-state index in [1.807, 2.05) is 4.90 Å². The molecule has 0 radical (unpaired) electrons. The highest BCUT2D eigenvalue weighted by Crippen LogP contribution is 2.26. The van der Waals surface area contributed by atoms with E-state index in [-0.39, 0.29) is 11.6 Å². The van der Waals surface area contributed by atoms with Crippen LogP contribution in [0.2, 0.25) is 0 Å². The zero-order valence-corrected chi connectivity index (χ0v) is 12.9. The van der Waals surface area contributed by atoms with E-state index in [1.165, 1.54) is 12.1 Å². The molecule has 1 fully saturated rings. The Morgan fingerprint density at radius 2 is 1.83 bits per heavy atom. The second kappa shape index (κ2) is 6.24. The Morgan fingerprint density at radius 1 is 1.17 bits per heavy atom. The Morgan fingerprint density at radius 3 is 2.43 bits per heavy atom. The predicted octanol–water partition coefficient (Wildman–Crippen LogP) is 3.73. The number of benzene rings is 1. The van der Waals surface area contributed by atoms with Gasteiger partial charge in [-0.05, 0) is 43.0 Å². The minimum absolute atomic E-state index is 0.0269. The fourth-order valence-corrected chi connectivity index (χ4v) is 2.72. The van der Waals surface area contributed by atoms with Gasteiger partial charge in [-0.15, -0.1) is 0 Å². The summed E-state index contributed by atoms with van der Waals surface area (Å²) in [6.45, 7) is 3.71. The van der Waals surface area contributed by atoms with Crippen molar-refractivity contribution in [3.8, 4) is 11.3 Å². The van der Waals surface area contributed by atoms with Crippen molar-refractivity contribution in [2.45, 2.75) is 19.8 Å². The van der Waals surface area contributed by atoms with Gasteiger partial charge in [0.2, 0.25) is 0 Å². The summed E-state index contributed by atoms with van der Waals surface area (Å²) in [5.74, 6) is 1.41. The van der Waals surface area contributed by atoms with Gasteiger partial charge in [-0.2, -0.15) is 0 Å². The molecule has 0 saturated carbocycles. The first-order valence-corrected chi connectivity index (χ1v) is 7.68. The number of hydrogen-bond donors (Lipinski definition) is 0. The van der Waals surface area contributed by atoms with Crippen molar-refractivity contribution in [3.63, 3.8) is 0 Å². The molecule has 0 N–H and O–H groups in total. The molecular weight excluding hydrogens is 296 g/mol. The van der Waals surface area contributed by atoms with E-state index in [1.54, 1.807) is 24.3 Å². The maximum atomic E-state index is 12.4. The van der Waals surface area contributed by atoms with Crippen LogP contribution in [0.25, 0.3) is 11.3 Å². The number of nitro groups is 1. The average Bonchev–Trinajstić information content (AvgIpc) is 3.05. The maximum absolute atomic E-state index is 12.4. The average molecular weight is 314 g/mol. The number of rotatable bonds is 3. The van der Waals surface area contributed by atoms with Gasteiger partial charge in [-0.25, -0.2) is 0 Å². The first-order valence-electron chi connectivity index (χ1n) is 7.68. The van der Waals surface area contributed by atoms with Crippen molar-refractivity contribution < 1.29 is 14.1 Å². The zero-order chi connectivity index (χ0) is 16.4. The third-order valence-corrected chi connectivity index (χ3v) is 4.25. The molecule has 2 aromatic rings. The molecule has 1 aliphatic rings. The van der Waals surface area contributed by atoms with Gasteiger partial charge in [0.25, 0.3) is 11.6 Å². The summed E-state index contributed by atoms with van der Waals surface area (Å²) in [5, 5.41) is 10.7. The van der Waals surface area contributed by atoms with Crippen LogP contribution >= 0.6 is 0 Å². The molecule has 1 aromatic carbocycles. The number of nitro benzene ring substituents is 1. The summed E-state index contributed by atoms with van der Waals surface area (Å²) in [4.78, 5) is 24.5. The van der Waals surface area contributed by atoms with Crippen molar-refractivity contribution in [3.05, 3.63) is 52.3 Å². The number of hydrogen-bond acceptors (Lipinski definition) is 4. The molecule has 2 heterocycles. The first-order chi connectivity index (χ1) is 11.0. The molecule has 23 heavy (non-hydrogen) atoms. The van der Waals surface area contributed by atoms with Gasteiger partial charge >= 0.3 is 0 Å². The number of furan rings is 1. The van der Waals surface area contributed by atoms with Gasteiger partial charge in [0.05, 0.1) is 4.92 Å². The van der Waals surface area contributed by atoms with Crippen molar-refractivity contribution in [1.29, 1.82) is 0 Å². The molecule has 0 spiro atoms. The highest BCUT2D eigenvalue weighted by molar-refractivity contribution is 5.92. The number of amides is 1. The van der Waals surface area contributed by atoms with Crippen LogP contribution in [-0.4, -0.2) is 28.8 Å². The molecule has 0 bridgehead atoms. The lowest BCUT2D eigenvalue weighted by atomic mass is 9.99. The number of piperidine rings is 1. The number of nitrogens with zero attached hydrogens (tertiary/aromatic N) is 2. The SMILES string of the molecule is CC1CCN(C(=O)c2ccc(-c3ccc([N+](=O)[O-])cc3)o2)CC1. The molecule has 0 atom stereocenters. The molecule has 6 heteroatoms. The van der Waals surface area contributed by atoms with E-state index >= 15 is 0 Å². The standard InChI is InChI=1S/C17H18N2O4/c1-12-8-10-18(11-9-12)17(20)16-7-6-15(23-16)13-2-4-14(5-3-13)19(21)22/h2-7,12H,8-11H2,1H3. The molecule has 1 aromatic heterocycles. The Labute approximate surface area is 133 Å². The van der Waals surface area contributed by atoms with E-state index in [0.717, 1.165) is 25.9 Å². The summed E-state index contributed by atoms with van der Waals surface area (Å²) < 4.78 is 5.65. The van der Waals surface area contributed by atoms with Crippen molar-refractivity contribution >= 4 is 11.6 Å². The second-order valence-electron chi connectivity index (χ2n) is 5.94. The van der Waals surface area contributed by atoms with Gasteiger partial charge in [0.15, 0.2) is 5.76 Å². The Hall–Kier alpha value is -2.63. The summed E-state index contributed by atoms with van der Waals surface area (Å²) in [7, 11) is 0. The largest absolute Gasteiger partial charge is 0.451 e. The van der Waals surface area contributed by atoms with Crippen LogP contribution in [0.4, 0.5) is 5.69 Å². The molecule has 1 aliphatic heterocycles. The predicted molar refractivity (Wildman–Crippen MR) is 85.1 cm³/mol. The molecule has 0 aliphatic carbocycles. The quantitative estimate of drug-likeness (QED) is 0.639. The zero-order valence-electron chi connectivity index (χ0n) is 12.9. The number of non-ortho nitro benzene ring substituents is 1. The van der Waals surface area contributed by atoms with Crippen LogP contribution in [0, 0.1) is 16.0 Å². The van der Waals surface area contributed by atoms with Gasteiger partial charge in [-0.1, -0.05) is 6.92 Å². The summed E-state index contributed by atoms with van der Waals surface area (Å²) >= 11 is 0. The van der Waals surface area contributed by atoms with E-state index in [2.05, 4.69) is 6.92 Å². The topological polar surface area (TPSA) is 76.6 Å². The van der Waals surface area contributed by atoms with Crippen LogP contribution in [0.3, 0.4) is 0 Å². The molecule has 3 rings (SSSR count). The van der Waals surface area contributed by atoms with Gasteiger partial charge in [0.1, 0.15) is 5.76 Å². The molecule has 1 amide bonds. The fraction of sp³-hybridized carbons (Fsp3) is 0.353. The molecule has 120 valence electrons. The monoisotopic (exact) mass is 314 g/mol. The Balaban J connectivity index is 1.74. The van der Waals surface area contributed by atoms with Crippen LogP contribution < -0.4 is 0 Å². The van der Waals surface area contributed by atoms with Crippen molar-refractivity contribution in [1.82, 2.24) is 4.90 Å². The van der Waals surface area contributed by atoms with Gasteiger partial charge in [-0.3, -0.25) is 14.9 Å². The summed E-state index contributed by atoms with van der Waals surface area (Å²) in [6, 6.07) is 9.47. The molecule has 6 nitrogen and oxygen atoms in total. The fourth-order valence-electron chi connectivity index (χ4n) is 2.72. The molecular formula is C17H18N2O4. The summed E-state index contributed by atoms with van der Waals surface area (Å²) in [6.07, 6.45) is 2.03. The first kappa shape index (κ1) is 15.3. The van der Waals surface area contributed by atoms with E-state index in [4.69, 9.17) is 4.42 Å². The Kier molecular flexibility index (Phi) is 4.14. The minimum atomic E-state index is -0.446. The van der Waals surface area contributed by atoms with Crippen molar-refractivity contribution in [2.24, 2.45) is 5.92 Å². The van der Waals surface area contributed by atoms with E-state index in [0.29, 0.717) is 23.0 Å². The molecule has 0 unspecified atom stereocenters. The van der Waals surface area contributed by atoms with Gasteiger partial charge < -0.3 is 9.32 Å². The highest BCUT2D eigenvalue weighted by Gasteiger charge is 2.23. The van der Waals surface area contributed by atoms with Gasteiger partial charge in [0, 0.05) is 30.8 Å². The molecule has 1 saturated heterocycles. The van der Waals surface area contributed by atoms with Crippen LogP contribution in [0.1, 0.15) is 30.3 Å². The third-order valence-electron chi connectivity index (χ3n) is 4.25. The normalized spacial score (nSPS) is 15.6. The lowest BCUT2D eigenvalue weighted by Gasteiger charge is -2.29. The lowest BCUT2D eigenvalue weighted by molar-refractivity contribution is -0.384. The number of likely N-dealkylation sites (tertiary alicyclic amines) is 1. The maximum Gasteiger partial charge on any atom is 0.289 e. The smallest absolute Gasteiger partial charge is 0.289 e. The van der Waals surface area contributed by atoms with Crippen molar-refractivity contribution in [2.75, 3.05) is 13.1 Å². The number of carbonyl (C=O) groups excluding carboxylic acids is 1. The highest BCUT2D eigenvalue weighted by atomic mass is 16.6. The van der Waals surface area contributed by atoms with E-state index < -0.39 is 4.92 Å².